The van der Waals surface area contributed by atoms with E-state index < -0.39 is 0 Å². The van der Waals surface area contributed by atoms with Crippen LogP contribution in [0, 0.1) is 5.92 Å². The topological polar surface area (TPSA) is 49.4 Å². The van der Waals surface area contributed by atoms with E-state index in [-0.39, 0.29) is 29.3 Å². The second-order valence-electron chi connectivity index (χ2n) is 5.89. The Balaban J connectivity index is 2.60. The third kappa shape index (κ3) is 3.45. The maximum atomic E-state index is 11.9. The molecule has 1 saturated heterocycles. The number of nitrogens with zero attached hydrogens (tertiary/aromatic N) is 1. The fraction of sp³-hybridized carbons (Fsp3) is 0.846. The lowest BCUT2D eigenvalue weighted by Crippen LogP contribution is -2.43. The molecule has 4 heteroatoms. The van der Waals surface area contributed by atoms with Gasteiger partial charge >= 0.3 is 0 Å². The van der Waals surface area contributed by atoms with Gasteiger partial charge in [-0.25, -0.2) is 0 Å². The zero-order chi connectivity index (χ0) is 13.2. The summed E-state index contributed by atoms with van der Waals surface area (Å²) in [6.07, 6.45) is 1.26. The summed E-state index contributed by atoms with van der Waals surface area (Å²) in [7, 11) is 0. The third-order valence-corrected chi connectivity index (χ3v) is 3.31. The molecule has 4 nitrogen and oxygen atoms in total. The van der Waals surface area contributed by atoms with Crippen molar-refractivity contribution in [2.45, 2.75) is 59.0 Å². The minimum absolute atomic E-state index is 0.0134. The molecule has 1 rings (SSSR count). The van der Waals surface area contributed by atoms with Crippen molar-refractivity contribution in [2.24, 2.45) is 5.92 Å². The van der Waals surface area contributed by atoms with E-state index in [4.69, 9.17) is 0 Å². The van der Waals surface area contributed by atoms with Gasteiger partial charge in [-0.05, 0) is 34.1 Å². The van der Waals surface area contributed by atoms with Crippen molar-refractivity contribution >= 4 is 11.8 Å². The average Bonchev–Trinajstić information content (AvgIpc) is 2.59. The van der Waals surface area contributed by atoms with Crippen LogP contribution >= 0.6 is 0 Å². The molecule has 2 amide bonds. The van der Waals surface area contributed by atoms with Crippen molar-refractivity contribution in [3.63, 3.8) is 0 Å². The summed E-state index contributed by atoms with van der Waals surface area (Å²) in [6.45, 7) is 10.6. The van der Waals surface area contributed by atoms with Gasteiger partial charge in [0.05, 0.1) is 5.92 Å². The van der Waals surface area contributed by atoms with Crippen LogP contribution in [-0.4, -0.2) is 34.8 Å². The van der Waals surface area contributed by atoms with E-state index >= 15 is 0 Å². The highest BCUT2D eigenvalue weighted by Gasteiger charge is 2.39. The second-order valence-corrected chi connectivity index (χ2v) is 5.89. The molecule has 1 aliphatic heterocycles. The monoisotopic (exact) mass is 240 g/mol. The number of carbonyl (C=O) groups is 2. The van der Waals surface area contributed by atoms with Crippen molar-refractivity contribution in [1.82, 2.24) is 10.2 Å². The molecule has 0 aliphatic carbocycles. The van der Waals surface area contributed by atoms with Crippen LogP contribution in [-0.2, 0) is 9.59 Å². The molecular weight excluding hydrogens is 216 g/mol. The summed E-state index contributed by atoms with van der Waals surface area (Å²) < 4.78 is 0. The number of hydrogen-bond donors (Lipinski definition) is 1. The van der Waals surface area contributed by atoms with Crippen LogP contribution in [0.5, 0.6) is 0 Å². The summed E-state index contributed by atoms with van der Waals surface area (Å²) >= 11 is 0. The molecule has 1 fully saturated rings. The van der Waals surface area contributed by atoms with Gasteiger partial charge in [0.25, 0.3) is 0 Å². The number of amides is 2. The molecule has 0 radical (unpaired) electrons. The molecule has 0 saturated carbocycles. The van der Waals surface area contributed by atoms with E-state index in [0.717, 1.165) is 6.42 Å². The van der Waals surface area contributed by atoms with Gasteiger partial charge in [0.2, 0.25) is 11.8 Å². The van der Waals surface area contributed by atoms with Crippen LogP contribution in [0.1, 0.15) is 47.5 Å². The molecular formula is C13H24N2O2. The molecule has 2 atom stereocenters. The fourth-order valence-corrected chi connectivity index (χ4v) is 1.99. The quantitative estimate of drug-likeness (QED) is 0.813. The molecule has 0 bridgehead atoms. The Hall–Kier alpha value is -1.06. The second kappa shape index (κ2) is 5.07. The molecule has 1 N–H and O–H groups in total. The van der Waals surface area contributed by atoms with Gasteiger partial charge in [-0.15, -0.1) is 0 Å². The summed E-state index contributed by atoms with van der Waals surface area (Å²) in [4.78, 5) is 25.6. The maximum Gasteiger partial charge on any atom is 0.225 e. The van der Waals surface area contributed by atoms with E-state index in [0.29, 0.717) is 13.0 Å². The Labute approximate surface area is 104 Å². The Morgan fingerprint density at radius 3 is 2.53 bits per heavy atom. The first-order chi connectivity index (χ1) is 7.75. The van der Waals surface area contributed by atoms with Crippen LogP contribution in [0.2, 0.25) is 0 Å². The Kier molecular flexibility index (Phi) is 4.17. The van der Waals surface area contributed by atoms with Crippen molar-refractivity contribution < 1.29 is 9.59 Å². The first kappa shape index (κ1) is 14.0. The minimum Gasteiger partial charge on any atom is -0.353 e. The van der Waals surface area contributed by atoms with Gasteiger partial charge < -0.3 is 10.2 Å². The number of carbonyl (C=O) groups excluding carboxylic acids is 2. The summed E-state index contributed by atoms with van der Waals surface area (Å²) in [5.41, 5.74) is -0.192. The molecule has 0 spiro atoms. The van der Waals surface area contributed by atoms with E-state index in [1.807, 2.05) is 34.6 Å². The standard InChI is InChI=1S/C13H24N2O2/c1-6-9(2)14-12(17)10-7-11(16)15(8-10)13(3,4)5/h9-10H,6-8H2,1-5H3,(H,14,17)/t9-,10+/m0/s1. The van der Waals surface area contributed by atoms with Gasteiger partial charge in [-0.2, -0.15) is 0 Å². The lowest BCUT2D eigenvalue weighted by molar-refractivity contribution is -0.132. The van der Waals surface area contributed by atoms with Crippen LogP contribution in [0.4, 0.5) is 0 Å². The third-order valence-electron chi connectivity index (χ3n) is 3.31. The van der Waals surface area contributed by atoms with Gasteiger partial charge in [-0.3, -0.25) is 9.59 Å². The SMILES string of the molecule is CC[C@H](C)NC(=O)[C@@H]1CC(=O)N(C(C)(C)C)C1. The zero-order valence-corrected chi connectivity index (χ0v) is 11.5. The number of hydrogen-bond acceptors (Lipinski definition) is 2. The first-order valence-corrected chi connectivity index (χ1v) is 6.36. The highest BCUT2D eigenvalue weighted by molar-refractivity contribution is 5.89. The Morgan fingerprint density at radius 2 is 2.12 bits per heavy atom. The van der Waals surface area contributed by atoms with Crippen LogP contribution < -0.4 is 5.32 Å². The average molecular weight is 240 g/mol. The molecule has 0 aromatic heterocycles. The number of rotatable bonds is 3. The number of likely N-dealkylation sites (tertiary alicyclic amines) is 1. The fourth-order valence-electron chi connectivity index (χ4n) is 1.99. The lowest BCUT2D eigenvalue weighted by Gasteiger charge is -2.32. The van der Waals surface area contributed by atoms with E-state index in [2.05, 4.69) is 5.32 Å². The Morgan fingerprint density at radius 1 is 1.53 bits per heavy atom. The van der Waals surface area contributed by atoms with E-state index in [1.54, 1.807) is 4.90 Å². The summed E-state index contributed by atoms with van der Waals surface area (Å²) in [5.74, 6) is -0.0861. The van der Waals surface area contributed by atoms with Crippen molar-refractivity contribution in [2.75, 3.05) is 6.54 Å². The molecule has 0 aromatic rings. The highest BCUT2D eigenvalue weighted by atomic mass is 16.2. The van der Waals surface area contributed by atoms with Crippen molar-refractivity contribution in [3.05, 3.63) is 0 Å². The normalized spacial score (nSPS) is 22.8. The zero-order valence-electron chi connectivity index (χ0n) is 11.5. The summed E-state index contributed by atoms with van der Waals surface area (Å²) in [6, 6.07) is 0.182. The first-order valence-electron chi connectivity index (χ1n) is 6.36. The molecule has 1 heterocycles. The lowest BCUT2D eigenvalue weighted by atomic mass is 10.1. The van der Waals surface area contributed by atoms with Gasteiger partial charge in [-0.1, -0.05) is 6.92 Å². The largest absolute Gasteiger partial charge is 0.353 e. The van der Waals surface area contributed by atoms with Gasteiger partial charge in [0, 0.05) is 24.5 Å². The predicted octanol–water partition coefficient (Wildman–Crippen LogP) is 1.55. The summed E-state index contributed by atoms with van der Waals surface area (Å²) in [5, 5.41) is 2.95. The molecule has 0 aromatic carbocycles. The van der Waals surface area contributed by atoms with Crippen molar-refractivity contribution in [1.29, 1.82) is 0 Å². The van der Waals surface area contributed by atoms with Crippen molar-refractivity contribution in [3.8, 4) is 0 Å². The maximum absolute atomic E-state index is 11.9. The molecule has 1 aliphatic rings. The Bertz CT molecular complexity index is 307. The number of nitrogens with one attached hydrogen (secondary N) is 1. The highest BCUT2D eigenvalue weighted by Crippen LogP contribution is 2.25. The smallest absolute Gasteiger partial charge is 0.225 e. The molecule has 0 unspecified atom stereocenters. The van der Waals surface area contributed by atoms with Gasteiger partial charge in [0.15, 0.2) is 0 Å². The van der Waals surface area contributed by atoms with Crippen LogP contribution in [0.25, 0.3) is 0 Å². The molecule has 17 heavy (non-hydrogen) atoms. The predicted molar refractivity (Wildman–Crippen MR) is 67.5 cm³/mol. The van der Waals surface area contributed by atoms with E-state index in [1.165, 1.54) is 0 Å². The van der Waals surface area contributed by atoms with E-state index in [9.17, 15) is 9.59 Å². The van der Waals surface area contributed by atoms with Crippen LogP contribution in [0.3, 0.4) is 0 Å². The minimum atomic E-state index is -0.192. The van der Waals surface area contributed by atoms with Crippen LogP contribution in [0.15, 0.2) is 0 Å². The van der Waals surface area contributed by atoms with Gasteiger partial charge in [0.1, 0.15) is 0 Å². The molecule has 98 valence electrons.